The largest absolute Gasteiger partial charge is 0.205 e. The summed E-state index contributed by atoms with van der Waals surface area (Å²) in [6.45, 7) is 0. The van der Waals surface area contributed by atoms with E-state index in [1.165, 1.54) is 11.3 Å². The van der Waals surface area contributed by atoms with Crippen molar-refractivity contribution in [3.05, 3.63) is 28.9 Å². The van der Waals surface area contributed by atoms with Crippen LogP contribution in [0.4, 0.5) is 4.39 Å². The Labute approximate surface area is 90.2 Å². The molecule has 2 rings (SSSR count). The molecule has 0 aliphatic rings. The molecule has 2 aromatic rings. The molecule has 0 radical (unpaired) electrons. The Kier molecular flexibility index (Phi) is 2.44. The molecule has 1 aromatic carbocycles. The van der Waals surface area contributed by atoms with Crippen LogP contribution in [0.2, 0.25) is 0 Å². The van der Waals surface area contributed by atoms with E-state index in [4.69, 9.17) is 5.26 Å². The van der Waals surface area contributed by atoms with E-state index in [1.807, 2.05) is 18.2 Å². The average molecular weight is 223 g/mol. The molecule has 0 spiro atoms. The first-order chi connectivity index (χ1) is 6.72. The maximum atomic E-state index is 13.6. The second-order valence-corrected chi connectivity index (χ2v) is 4.51. The summed E-state index contributed by atoms with van der Waals surface area (Å²) in [6, 6.07) is 7.28. The topological polar surface area (TPSA) is 23.8 Å². The van der Waals surface area contributed by atoms with Gasteiger partial charge in [-0.3, -0.25) is 0 Å². The van der Waals surface area contributed by atoms with Gasteiger partial charge in [-0.1, -0.05) is 0 Å². The summed E-state index contributed by atoms with van der Waals surface area (Å²) in [7, 11) is 0. The van der Waals surface area contributed by atoms with Crippen molar-refractivity contribution in [2.75, 3.05) is 0 Å². The minimum atomic E-state index is -0.276. The first-order valence-corrected chi connectivity index (χ1v) is 5.25. The van der Waals surface area contributed by atoms with Crippen LogP contribution >= 0.6 is 24.0 Å². The van der Waals surface area contributed by atoms with Crippen molar-refractivity contribution in [3.8, 4) is 6.07 Å². The fourth-order valence-corrected chi connectivity index (χ4v) is 2.49. The Morgan fingerprint density at radius 2 is 2.29 bits per heavy atom. The number of nitrogens with zero attached hydrogens (tertiary/aromatic N) is 1. The monoisotopic (exact) mass is 223 g/mol. The SMILES string of the molecule is N#CCc1sc2ccc(S)cc2c1F. The Balaban J connectivity index is 2.69. The minimum absolute atomic E-state index is 0.132. The highest BCUT2D eigenvalue weighted by Gasteiger charge is 2.11. The first kappa shape index (κ1) is 9.50. The number of rotatable bonds is 1. The summed E-state index contributed by atoms with van der Waals surface area (Å²) in [5.41, 5.74) is 0. The van der Waals surface area contributed by atoms with E-state index in [9.17, 15) is 4.39 Å². The van der Waals surface area contributed by atoms with Gasteiger partial charge in [0.2, 0.25) is 0 Å². The van der Waals surface area contributed by atoms with Gasteiger partial charge in [0.05, 0.1) is 17.4 Å². The minimum Gasteiger partial charge on any atom is -0.205 e. The first-order valence-electron chi connectivity index (χ1n) is 3.99. The fourth-order valence-electron chi connectivity index (χ4n) is 1.29. The highest BCUT2D eigenvalue weighted by atomic mass is 32.1. The summed E-state index contributed by atoms with van der Waals surface area (Å²) in [6.07, 6.45) is 0.132. The van der Waals surface area contributed by atoms with Crippen LogP contribution in [0.5, 0.6) is 0 Å². The van der Waals surface area contributed by atoms with Crippen LogP contribution in [0.15, 0.2) is 23.1 Å². The van der Waals surface area contributed by atoms with E-state index in [0.29, 0.717) is 10.3 Å². The van der Waals surface area contributed by atoms with Crippen molar-refractivity contribution in [3.63, 3.8) is 0 Å². The number of fused-ring (bicyclic) bond motifs is 1. The highest BCUT2D eigenvalue weighted by molar-refractivity contribution is 7.80. The molecular weight excluding hydrogens is 217 g/mol. The van der Waals surface area contributed by atoms with Crippen LogP contribution in [-0.2, 0) is 6.42 Å². The zero-order valence-corrected chi connectivity index (χ0v) is 8.83. The number of hydrogen-bond acceptors (Lipinski definition) is 3. The van der Waals surface area contributed by atoms with Gasteiger partial charge < -0.3 is 0 Å². The molecule has 1 aromatic heterocycles. The van der Waals surface area contributed by atoms with Gasteiger partial charge in [0.15, 0.2) is 0 Å². The molecule has 0 aliphatic heterocycles. The van der Waals surface area contributed by atoms with Gasteiger partial charge in [-0.25, -0.2) is 4.39 Å². The zero-order valence-electron chi connectivity index (χ0n) is 7.12. The molecule has 0 saturated carbocycles. The Bertz CT molecular complexity index is 525. The van der Waals surface area contributed by atoms with Gasteiger partial charge in [-0.05, 0) is 18.2 Å². The van der Waals surface area contributed by atoms with Gasteiger partial charge in [0, 0.05) is 15.0 Å². The van der Waals surface area contributed by atoms with Crippen LogP contribution < -0.4 is 0 Å². The van der Waals surface area contributed by atoms with Crippen molar-refractivity contribution in [2.24, 2.45) is 0 Å². The Morgan fingerprint density at radius 1 is 1.50 bits per heavy atom. The molecule has 14 heavy (non-hydrogen) atoms. The van der Waals surface area contributed by atoms with Gasteiger partial charge in [0.1, 0.15) is 5.82 Å². The molecule has 70 valence electrons. The average Bonchev–Trinajstić information content (AvgIpc) is 2.46. The second-order valence-electron chi connectivity index (χ2n) is 2.85. The molecule has 0 atom stereocenters. The summed E-state index contributed by atoms with van der Waals surface area (Å²) in [5, 5.41) is 9.06. The molecular formula is C10H6FNS2. The molecule has 0 amide bonds. The highest BCUT2D eigenvalue weighted by Crippen LogP contribution is 2.31. The molecule has 0 saturated heterocycles. The summed E-state index contributed by atoms with van der Waals surface area (Å²) in [5.74, 6) is -0.276. The maximum absolute atomic E-state index is 13.6. The Hall–Kier alpha value is -1.05. The summed E-state index contributed by atoms with van der Waals surface area (Å²) in [4.78, 5) is 1.24. The third kappa shape index (κ3) is 1.49. The number of benzene rings is 1. The normalized spacial score (nSPS) is 10.4. The van der Waals surface area contributed by atoms with Gasteiger partial charge in [-0.2, -0.15) is 5.26 Å². The molecule has 0 N–H and O–H groups in total. The van der Waals surface area contributed by atoms with E-state index in [1.54, 1.807) is 6.07 Å². The second kappa shape index (κ2) is 3.60. The van der Waals surface area contributed by atoms with Crippen molar-refractivity contribution in [2.45, 2.75) is 11.3 Å². The molecule has 0 bridgehead atoms. The van der Waals surface area contributed by atoms with Crippen LogP contribution in [0.3, 0.4) is 0 Å². The lowest BCUT2D eigenvalue weighted by Gasteiger charge is -1.91. The predicted molar refractivity (Wildman–Crippen MR) is 58.4 cm³/mol. The van der Waals surface area contributed by atoms with Crippen LogP contribution in [-0.4, -0.2) is 0 Å². The van der Waals surface area contributed by atoms with Crippen molar-refractivity contribution >= 4 is 34.1 Å². The summed E-state index contributed by atoms with van der Waals surface area (Å²) < 4.78 is 14.5. The third-order valence-electron chi connectivity index (χ3n) is 1.92. The Morgan fingerprint density at radius 3 is 3.00 bits per heavy atom. The van der Waals surface area contributed by atoms with Crippen LogP contribution in [0.1, 0.15) is 4.88 Å². The lowest BCUT2D eigenvalue weighted by atomic mass is 10.2. The number of thiophene rings is 1. The number of hydrogen-bond donors (Lipinski definition) is 1. The van der Waals surface area contributed by atoms with Crippen LogP contribution in [0, 0.1) is 17.1 Å². The maximum Gasteiger partial charge on any atom is 0.146 e. The van der Waals surface area contributed by atoms with E-state index < -0.39 is 0 Å². The lowest BCUT2D eigenvalue weighted by molar-refractivity contribution is 0.633. The van der Waals surface area contributed by atoms with Crippen molar-refractivity contribution < 1.29 is 4.39 Å². The molecule has 0 unspecified atom stereocenters. The molecule has 1 nitrogen and oxygen atoms in total. The quantitative estimate of drug-likeness (QED) is 0.736. The van der Waals surface area contributed by atoms with Crippen molar-refractivity contribution in [1.29, 1.82) is 5.26 Å². The van der Waals surface area contributed by atoms with E-state index in [2.05, 4.69) is 12.6 Å². The fraction of sp³-hybridized carbons (Fsp3) is 0.100. The van der Waals surface area contributed by atoms with Gasteiger partial charge in [-0.15, -0.1) is 24.0 Å². The van der Waals surface area contributed by atoms with E-state index >= 15 is 0 Å². The third-order valence-corrected chi connectivity index (χ3v) is 3.34. The molecule has 1 heterocycles. The lowest BCUT2D eigenvalue weighted by Crippen LogP contribution is -1.79. The molecule has 4 heteroatoms. The number of thiol groups is 1. The summed E-state index contributed by atoms with van der Waals surface area (Å²) >= 11 is 5.47. The van der Waals surface area contributed by atoms with E-state index in [-0.39, 0.29) is 12.2 Å². The van der Waals surface area contributed by atoms with Crippen LogP contribution in [0.25, 0.3) is 10.1 Å². The molecule has 0 aliphatic carbocycles. The van der Waals surface area contributed by atoms with Gasteiger partial charge in [0.25, 0.3) is 0 Å². The number of halogens is 1. The standard InChI is InChI=1S/C10H6FNS2/c11-10-7-5-6(13)1-2-8(7)14-9(10)3-4-12/h1-2,5,13H,3H2. The van der Waals surface area contributed by atoms with E-state index in [0.717, 1.165) is 9.60 Å². The van der Waals surface area contributed by atoms with Gasteiger partial charge >= 0.3 is 0 Å². The zero-order chi connectivity index (χ0) is 10.1. The smallest absolute Gasteiger partial charge is 0.146 e. The number of nitriles is 1. The van der Waals surface area contributed by atoms with Crippen molar-refractivity contribution in [1.82, 2.24) is 0 Å². The molecule has 0 fully saturated rings. The predicted octanol–water partition coefficient (Wildman–Crippen LogP) is 3.40.